The van der Waals surface area contributed by atoms with Crippen LogP contribution in [0.3, 0.4) is 0 Å². The Hall–Kier alpha value is -1.01. The second-order valence-corrected chi connectivity index (χ2v) is 12.3. The van der Waals surface area contributed by atoms with E-state index >= 15 is 0 Å². The predicted molar refractivity (Wildman–Crippen MR) is 162 cm³/mol. The maximum Gasteiger partial charge on any atom is 0.220 e. The summed E-state index contributed by atoms with van der Waals surface area (Å²) in [5.41, 5.74) is 0. The van der Waals surface area contributed by atoms with E-state index in [0.29, 0.717) is 6.42 Å². The van der Waals surface area contributed by atoms with Crippen molar-refractivity contribution in [2.45, 2.75) is 171 Å². The first-order chi connectivity index (χ1) is 21.6. The summed E-state index contributed by atoms with van der Waals surface area (Å²) in [7, 11) is 0. The predicted octanol–water partition coefficient (Wildman–Crippen LogP) is -0.416. The van der Waals surface area contributed by atoms with Crippen molar-refractivity contribution in [3.63, 3.8) is 0 Å². The number of nitrogens with one attached hydrogen (secondary N) is 1. The maximum absolute atomic E-state index is 12.2. The van der Waals surface area contributed by atoms with Gasteiger partial charge in [-0.1, -0.05) is 84.5 Å². The van der Waals surface area contributed by atoms with Gasteiger partial charge in [0.25, 0.3) is 0 Å². The SMILES string of the molecule is CCCCCCCCCCCCCC(O)C(COC1OC(CO)C(OC2OC(CO)C(O)C(O)C2O)C(O)C1O)NC(=O)CC. The van der Waals surface area contributed by atoms with Crippen molar-refractivity contribution in [3.8, 4) is 0 Å². The highest BCUT2D eigenvalue weighted by Gasteiger charge is 2.50. The maximum atomic E-state index is 12.2. The molecule has 0 aromatic heterocycles. The first kappa shape index (κ1) is 40.2. The van der Waals surface area contributed by atoms with Crippen LogP contribution in [0.2, 0.25) is 0 Å². The number of unbranched alkanes of at least 4 members (excludes halogenated alkanes) is 10. The van der Waals surface area contributed by atoms with Crippen LogP contribution in [0.5, 0.6) is 0 Å². The van der Waals surface area contributed by atoms with Crippen molar-refractivity contribution in [1.29, 1.82) is 0 Å². The molecule has 2 aliphatic rings. The molecule has 45 heavy (non-hydrogen) atoms. The van der Waals surface area contributed by atoms with E-state index in [0.717, 1.165) is 25.7 Å². The van der Waals surface area contributed by atoms with E-state index in [4.69, 9.17) is 18.9 Å². The number of hydrogen-bond donors (Lipinski definition) is 9. The van der Waals surface area contributed by atoms with Crippen LogP contribution in [0, 0.1) is 0 Å². The molecule has 2 fully saturated rings. The molecule has 2 rings (SSSR count). The Bertz CT molecular complexity index is 791. The zero-order chi connectivity index (χ0) is 33.4. The molecule has 0 radical (unpaired) electrons. The highest BCUT2D eigenvalue weighted by molar-refractivity contribution is 5.75. The van der Waals surface area contributed by atoms with Crippen LogP contribution in [-0.2, 0) is 23.7 Å². The summed E-state index contributed by atoms with van der Waals surface area (Å²) in [4.78, 5) is 12.2. The van der Waals surface area contributed by atoms with Crippen molar-refractivity contribution >= 4 is 5.91 Å². The van der Waals surface area contributed by atoms with Crippen molar-refractivity contribution in [3.05, 3.63) is 0 Å². The molecule has 0 saturated carbocycles. The second-order valence-electron chi connectivity index (χ2n) is 12.3. The molecular formula is C31H59NO13. The van der Waals surface area contributed by atoms with Crippen LogP contribution in [0.4, 0.5) is 0 Å². The van der Waals surface area contributed by atoms with Gasteiger partial charge in [0, 0.05) is 6.42 Å². The van der Waals surface area contributed by atoms with Crippen LogP contribution in [-0.4, -0.2) is 140 Å². The van der Waals surface area contributed by atoms with E-state index in [1.165, 1.54) is 44.9 Å². The normalized spacial score (nSPS) is 33.6. The number of carbonyl (C=O) groups excluding carboxylic acids is 1. The molecular weight excluding hydrogens is 594 g/mol. The Balaban J connectivity index is 1.87. The Morgan fingerprint density at radius 3 is 1.80 bits per heavy atom. The standard InChI is InChI=1S/C31H59NO13/c1-3-5-6-7-8-9-10-11-12-13-14-15-20(35)19(32-23(36)4-2)18-42-30-28(41)26(39)29(22(17-34)44-30)45-31-27(40)25(38)24(37)21(16-33)43-31/h19-22,24-31,33-35,37-41H,3-18H2,1-2H3,(H,32,36). The van der Waals surface area contributed by atoms with Crippen molar-refractivity contribution in [2.75, 3.05) is 19.8 Å². The summed E-state index contributed by atoms with van der Waals surface area (Å²) >= 11 is 0. The zero-order valence-corrected chi connectivity index (χ0v) is 26.9. The number of ether oxygens (including phenoxy) is 4. The van der Waals surface area contributed by atoms with Gasteiger partial charge in [-0.05, 0) is 6.42 Å². The molecule has 2 aliphatic heterocycles. The van der Waals surface area contributed by atoms with Crippen molar-refractivity contribution in [1.82, 2.24) is 5.32 Å². The van der Waals surface area contributed by atoms with E-state index in [9.17, 15) is 45.6 Å². The molecule has 0 aliphatic carbocycles. The third kappa shape index (κ3) is 12.8. The van der Waals surface area contributed by atoms with Gasteiger partial charge in [0.2, 0.25) is 5.91 Å². The zero-order valence-electron chi connectivity index (χ0n) is 26.9. The van der Waals surface area contributed by atoms with Crippen LogP contribution in [0.25, 0.3) is 0 Å². The Morgan fingerprint density at radius 1 is 0.711 bits per heavy atom. The van der Waals surface area contributed by atoms with Gasteiger partial charge in [0.05, 0.1) is 32.0 Å². The van der Waals surface area contributed by atoms with Gasteiger partial charge in [-0.25, -0.2) is 0 Å². The lowest BCUT2D eigenvalue weighted by Crippen LogP contribution is -2.65. The molecule has 0 aromatic carbocycles. The number of amides is 1. The van der Waals surface area contributed by atoms with Gasteiger partial charge in [-0.2, -0.15) is 0 Å². The van der Waals surface area contributed by atoms with Gasteiger partial charge >= 0.3 is 0 Å². The third-order valence-corrected chi connectivity index (χ3v) is 8.64. The van der Waals surface area contributed by atoms with Crippen LogP contribution in [0.1, 0.15) is 97.3 Å². The fourth-order valence-corrected chi connectivity index (χ4v) is 5.67. The molecule has 2 saturated heterocycles. The second kappa shape index (κ2) is 21.8. The largest absolute Gasteiger partial charge is 0.394 e. The first-order valence-electron chi connectivity index (χ1n) is 16.8. The van der Waals surface area contributed by atoms with Gasteiger partial charge < -0.3 is 65.1 Å². The summed E-state index contributed by atoms with van der Waals surface area (Å²) in [5.74, 6) is -0.298. The Morgan fingerprint density at radius 2 is 1.24 bits per heavy atom. The van der Waals surface area contributed by atoms with Crippen molar-refractivity contribution < 1.29 is 64.6 Å². The van der Waals surface area contributed by atoms with E-state index in [2.05, 4.69) is 12.2 Å². The fourth-order valence-electron chi connectivity index (χ4n) is 5.67. The molecule has 9 N–H and O–H groups in total. The minimum Gasteiger partial charge on any atom is -0.394 e. The smallest absolute Gasteiger partial charge is 0.220 e. The molecule has 14 heteroatoms. The van der Waals surface area contributed by atoms with E-state index in [1.54, 1.807) is 6.92 Å². The van der Waals surface area contributed by atoms with E-state index in [-0.39, 0.29) is 18.9 Å². The number of carbonyl (C=O) groups is 1. The fraction of sp³-hybridized carbons (Fsp3) is 0.968. The van der Waals surface area contributed by atoms with Gasteiger partial charge in [0.1, 0.15) is 48.8 Å². The molecule has 12 unspecified atom stereocenters. The topological polar surface area (TPSA) is 228 Å². The molecule has 0 bridgehead atoms. The lowest BCUT2D eigenvalue weighted by atomic mass is 9.97. The van der Waals surface area contributed by atoms with Crippen LogP contribution >= 0.6 is 0 Å². The average Bonchev–Trinajstić information content (AvgIpc) is 3.04. The van der Waals surface area contributed by atoms with Crippen LogP contribution < -0.4 is 5.32 Å². The number of aliphatic hydroxyl groups is 8. The van der Waals surface area contributed by atoms with E-state index in [1.807, 2.05) is 0 Å². The number of hydrogen-bond acceptors (Lipinski definition) is 13. The lowest BCUT2D eigenvalue weighted by Gasteiger charge is -2.46. The summed E-state index contributed by atoms with van der Waals surface area (Å²) in [6.45, 7) is 2.23. The molecule has 2 heterocycles. The molecule has 1 amide bonds. The number of aliphatic hydroxyl groups excluding tert-OH is 8. The number of rotatable bonds is 22. The molecule has 266 valence electrons. The summed E-state index contributed by atoms with van der Waals surface area (Å²) < 4.78 is 22.2. The van der Waals surface area contributed by atoms with Gasteiger partial charge in [-0.3, -0.25) is 4.79 Å². The van der Waals surface area contributed by atoms with E-state index < -0.39 is 86.8 Å². The molecule has 12 atom stereocenters. The van der Waals surface area contributed by atoms with Crippen LogP contribution in [0.15, 0.2) is 0 Å². The molecule has 0 aromatic rings. The summed E-state index contributed by atoms with van der Waals surface area (Å²) in [5, 5.41) is 84.9. The first-order valence-corrected chi connectivity index (χ1v) is 16.8. The monoisotopic (exact) mass is 653 g/mol. The molecule has 0 spiro atoms. The summed E-state index contributed by atoms with van der Waals surface area (Å²) in [6.07, 6.45) is -3.19. The quantitative estimate of drug-likeness (QED) is 0.0678. The Kier molecular flexibility index (Phi) is 19.4. The minimum atomic E-state index is -1.77. The summed E-state index contributed by atoms with van der Waals surface area (Å²) in [6, 6.07) is -0.816. The average molecular weight is 654 g/mol. The van der Waals surface area contributed by atoms with Gasteiger partial charge in [0.15, 0.2) is 12.6 Å². The highest BCUT2D eigenvalue weighted by Crippen LogP contribution is 2.29. The molecule has 14 nitrogen and oxygen atoms in total. The highest BCUT2D eigenvalue weighted by atomic mass is 16.7. The third-order valence-electron chi connectivity index (χ3n) is 8.64. The lowest BCUT2D eigenvalue weighted by molar-refractivity contribution is -0.359. The Labute approximate surface area is 266 Å². The van der Waals surface area contributed by atoms with Gasteiger partial charge in [-0.15, -0.1) is 0 Å². The minimum absolute atomic E-state index is 0.187. The van der Waals surface area contributed by atoms with Crippen molar-refractivity contribution in [2.24, 2.45) is 0 Å².